The number of nitrogens with one attached hydrogen (secondary N) is 3. The molecule has 8 heteroatoms. The van der Waals surface area contributed by atoms with Gasteiger partial charge in [-0.25, -0.2) is 4.98 Å². The fraction of sp³-hybridized carbons (Fsp3) is 0.0625. The molecule has 3 aromatic rings. The van der Waals surface area contributed by atoms with Gasteiger partial charge in [0.2, 0.25) is 5.95 Å². The van der Waals surface area contributed by atoms with Gasteiger partial charge in [-0.05, 0) is 29.8 Å². The Morgan fingerprint density at radius 2 is 1.83 bits per heavy atom. The van der Waals surface area contributed by atoms with Crippen LogP contribution in [0.4, 0.5) is 5.95 Å². The van der Waals surface area contributed by atoms with E-state index in [0.29, 0.717) is 16.5 Å². The van der Waals surface area contributed by atoms with E-state index >= 15 is 0 Å². The van der Waals surface area contributed by atoms with Crippen molar-refractivity contribution in [2.24, 2.45) is 0 Å². The lowest BCUT2D eigenvalue weighted by Gasteiger charge is -2.13. The van der Waals surface area contributed by atoms with Gasteiger partial charge >= 0.3 is 0 Å². The van der Waals surface area contributed by atoms with Gasteiger partial charge in [0.25, 0.3) is 11.5 Å². The van der Waals surface area contributed by atoms with E-state index in [1.54, 1.807) is 24.3 Å². The number of aliphatic hydroxyl groups excluding tert-OH is 1. The Labute approximate surface area is 135 Å². The molecule has 3 rings (SSSR count). The second-order valence-electron chi connectivity index (χ2n) is 5.04. The molecule has 5 N–H and O–H groups in total. The van der Waals surface area contributed by atoms with Gasteiger partial charge in [0.1, 0.15) is 5.75 Å². The number of hydrazine groups is 1. The normalized spacial score (nSPS) is 11.9. The first-order chi connectivity index (χ1) is 11.5. The van der Waals surface area contributed by atoms with Gasteiger partial charge < -0.3 is 10.2 Å². The van der Waals surface area contributed by atoms with Gasteiger partial charge in [0.05, 0.1) is 10.9 Å². The topological polar surface area (TPSA) is 127 Å². The van der Waals surface area contributed by atoms with Gasteiger partial charge in [0, 0.05) is 0 Å². The third-order valence-electron chi connectivity index (χ3n) is 3.37. The number of rotatable bonds is 4. The Balaban J connectivity index is 1.72. The number of aromatic amines is 1. The van der Waals surface area contributed by atoms with Crippen LogP contribution < -0.4 is 16.4 Å². The Morgan fingerprint density at radius 3 is 2.58 bits per heavy atom. The second-order valence-corrected chi connectivity index (χ2v) is 5.04. The van der Waals surface area contributed by atoms with Crippen LogP contribution in [0.2, 0.25) is 0 Å². The Kier molecular flexibility index (Phi) is 4.13. The summed E-state index contributed by atoms with van der Waals surface area (Å²) in [5.41, 5.74) is 5.16. The summed E-state index contributed by atoms with van der Waals surface area (Å²) in [5, 5.41) is 19.6. The number of H-pyrrole nitrogens is 1. The van der Waals surface area contributed by atoms with Crippen LogP contribution in [0.15, 0.2) is 53.3 Å². The van der Waals surface area contributed by atoms with E-state index < -0.39 is 12.0 Å². The molecule has 0 saturated heterocycles. The first kappa shape index (κ1) is 15.5. The van der Waals surface area contributed by atoms with Crippen LogP contribution in [0.25, 0.3) is 10.9 Å². The number of aliphatic hydroxyl groups is 1. The fourth-order valence-corrected chi connectivity index (χ4v) is 2.14. The molecule has 0 fully saturated rings. The molecule has 1 unspecified atom stereocenters. The van der Waals surface area contributed by atoms with Crippen LogP contribution in [-0.4, -0.2) is 26.1 Å². The van der Waals surface area contributed by atoms with Crippen molar-refractivity contribution < 1.29 is 15.0 Å². The molecule has 1 heterocycles. The van der Waals surface area contributed by atoms with Crippen LogP contribution in [0, 0.1) is 0 Å². The van der Waals surface area contributed by atoms with Gasteiger partial charge in [-0.3, -0.25) is 25.4 Å². The third-order valence-corrected chi connectivity index (χ3v) is 3.37. The van der Waals surface area contributed by atoms with Crippen molar-refractivity contribution in [1.29, 1.82) is 0 Å². The Morgan fingerprint density at radius 1 is 1.12 bits per heavy atom. The summed E-state index contributed by atoms with van der Waals surface area (Å²) in [4.78, 5) is 30.5. The zero-order valence-electron chi connectivity index (χ0n) is 12.4. The number of amides is 1. The molecule has 8 nitrogen and oxygen atoms in total. The average Bonchev–Trinajstić information content (AvgIpc) is 2.60. The quantitative estimate of drug-likeness (QED) is 0.451. The highest BCUT2D eigenvalue weighted by Gasteiger charge is 2.17. The minimum atomic E-state index is -1.44. The van der Waals surface area contributed by atoms with E-state index in [1.165, 1.54) is 24.3 Å². The maximum absolute atomic E-state index is 11.9. The molecule has 2 aromatic carbocycles. The van der Waals surface area contributed by atoms with Crippen molar-refractivity contribution >= 4 is 22.8 Å². The fourth-order valence-electron chi connectivity index (χ4n) is 2.14. The number of carbonyl (C=O) groups excluding carboxylic acids is 1. The number of carbonyl (C=O) groups is 1. The molecule has 0 bridgehead atoms. The first-order valence-corrected chi connectivity index (χ1v) is 7.06. The largest absolute Gasteiger partial charge is 0.508 e. The van der Waals surface area contributed by atoms with Crippen molar-refractivity contribution in [3.63, 3.8) is 0 Å². The number of para-hydroxylation sites is 1. The maximum atomic E-state index is 11.9. The van der Waals surface area contributed by atoms with Crippen LogP contribution in [0.3, 0.4) is 0 Å². The van der Waals surface area contributed by atoms with E-state index in [9.17, 15) is 19.8 Å². The standard InChI is InChI=1S/C16H14N4O4/c21-10-7-5-9(6-8-10)13(22)15(24)19-20-16-17-12-4-2-1-3-11(12)14(23)18-16/h1-8,13,21-22H,(H,19,24)(H2,17,18,20,23). The van der Waals surface area contributed by atoms with Crippen LogP contribution in [0.5, 0.6) is 5.75 Å². The van der Waals surface area contributed by atoms with E-state index in [-0.39, 0.29) is 17.3 Å². The number of anilines is 1. The summed E-state index contributed by atoms with van der Waals surface area (Å²) < 4.78 is 0. The van der Waals surface area contributed by atoms with Crippen molar-refractivity contribution in [3.05, 3.63) is 64.4 Å². The van der Waals surface area contributed by atoms with Crippen LogP contribution in [0.1, 0.15) is 11.7 Å². The molecule has 1 amide bonds. The number of fused-ring (bicyclic) bond motifs is 1. The molecule has 0 aliphatic rings. The molecule has 122 valence electrons. The molecular formula is C16H14N4O4. The number of hydrogen-bond acceptors (Lipinski definition) is 6. The lowest BCUT2D eigenvalue weighted by molar-refractivity contribution is -0.129. The summed E-state index contributed by atoms with van der Waals surface area (Å²) in [7, 11) is 0. The number of phenols is 1. The number of nitrogens with zero attached hydrogens (tertiary/aromatic N) is 1. The minimum Gasteiger partial charge on any atom is -0.508 e. The lowest BCUT2D eigenvalue weighted by Crippen LogP contribution is -2.35. The zero-order chi connectivity index (χ0) is 17.1. The van der Waals surface area contributed by atoms with E-state index in [1.807, 2.05) is 0 Å². The summed E-state index contributed by atoms with van der Waals surface area (Å²) in [6, 6.07) is 12.4. The van der Waals surface area contributed by atoms with Crippen molar-refractivity contribution in [2.45, 2.75) is 6.10 Å². The van der Waals surface area contributed by atoms with Gasteiger partial charge in [-0.15, -0.1) is 0 Å². The zero-order valence-corrected chi connectivity index (χ0v) is 12.4. The van der Waals surface area contributed by atoms with Crippen LogP contribution in [-0.2, 0) is 4.79 Å². The molecule has 0 radical (unpaired) electrons. The number of benzene rings is 2. The number of aromatic nitrogens is 2. The van der Waals surface area contributed by atoms with Crippen molar-refractivity contribution in [3.8, 4) is 5.75 Å². The molecule has 24 heavy (non-hydrogen) atoms. The maximum Gasteiger partial charge on any atom is 0.271 e. The molecule has 0 spiro atoms. The second kappa shape index (κ2) is 6.39. The predicted octanol–water partition coefficient (Wildman–Crippen LogP) is 0.805. The lowest BCUT2D eigenvalue weighted by atomic mass is 10.1. The summed E-state index contributed by atoms with van der Waals surface area (Å²) >= 11 is 0. The summed E-state index contributed by atoms with van der Waals surface area (Å²) in [5.74, 6) is -0.663. The van der Waals surface area contributed by atoms with Gasteiger partial charge in [0.15, 0.2) is 6.10 Å². The highest BCUT2D eigenvalue weighted by molar-refractivity contribution is 5.83. The number of hydrogen-bond donors (Lipinski definition) is 5. The van der Waals surface area contributed by atoms with Crippen LogP contribution >= 0.6 is 0 Å². The Bertz CT molecular complexity index is 937. The monoisotopic (exact) mass is 326 g/mol. The van der Waals surface area contributed by atoms with E-state index in [2.05, 4.69) is 20.8 Å². The third kappa shape index (κ3) is 3.18. The molecule has 0 saturated carbocycles. The minimum absolute atomic E-state index is 0.0300. The number of aromatic hydroxyl groups is 1. The molecule has 1 aromatic heterocycles. The van der Waals surface area contributed by atoms with Gasteiger partial charge in [-0.2, -0.15) is 0 Å². The van der Waals surface area contributed by atoms with E-state index in [4.69, 9.17) is 0 Å². The van der Waals surface area contributed by atoms with Crippen molar-refractivity contribution in [2.75, 3.05) is 5.43 Å². The molecular weight excluding hydrogens is 312 g/mol. The summed E-state index contributed by atoms with van der Waals surface area (Å²) in [6.07, 6.45) is -1.44. The summed E-state index contributed by atoms with van der Waals surface area (Å²) in [6.45, 7) is 0. The van der Waals surface area contributed by atoms with Crippen molar-refractivity contribution in [1.82, 2.24) is 15.4 Å². The van der Waals surface area contributed by atoms with Gasteiger partial charge in [-0.1, -0.05) is 24.3 Å². The Hall–Kier alpha value is -3.39. The smallest absolute Gasteiger partial charge is 0.271 e. The molecule has 1 atom stereocenters. The predicted molar refractivity (Wildman–Crippen MR) is 87.2 cm³/mol. The highest BCUT2D eigenvalue weighted by atomic mass is 16.3. The van der Waals surface area contributed by atoms with E-state index in [0.717, 1.165) is 0 Å². The molecule has 0 aliphatic heterocycles. The molecule has 0 aliphatic carbocycles. The SMILES string of the molecule is O=C(NNc1nc2ccccc2c(=O)[nH]1)C(O)c1ccc(O)cc1. The average molecular weight is 326 g/mol. The number of phenolic OH excluding ortho intramolecular Hbond substituents is 1. The highest BCUT2D eigenvalue weighted by Crippen LogP contribution is 2.16. The first-order valence-electron chi connectivity index (χ1n) is 7.06.